The first-order chi connectivity index (χ1) is 14.0. The van der Waals surface area contributed by atoms with Gasteiger partial charge in [-0.1, -0.05) is 12.1 Å². The second-order valence-corrected chi connectivity index (χ2v) is 10.8. The molecule has 1 aromatic carbocycles. The molecule has 4 heteroatoms. The zero-order chi connectivity index (χ0) is 20.0. The Bertz CT molecular complexity index is 700. The van der Waals surface area contributed by atoms with E-state index < -0.39 is 0 Å². The Morgan fingerprint density at radius 3 is 2.10 bits per heavy atom. The first kappa shape index (κ1) is 19.4. The highest BCUT2D eigenvalue weighted by molar-refractivity contribution is 5.83. The average Bonchev–Trinajstić information content (AvgIpc) is 3.22. The number of quaternary nitrogens is 1. The van der Waals surface area contributed by atoms with Crippen molar-refractivity contribution in [1.82, 2.24) is 5.32 Å². The molecule has 0 spiro atoms. The molecule has 4 aliphatic carbocycles. The van der Waals surface area contributed by atoms with Crippen LogP contribution in [0, 0.1) is 23.2 Å². The summed E-state index contributed by atoms with van der Waals surface area (Å²) in [6.45, 7) is 3.25. The number of hydrogen-bond acceptors (Lipinski definition) is 2. The van der Waals surface area contributed by atoms with Crippen LogP contribution in [0.25, 0.3) is 0 Å². The smallest absolute Gasteiger partial charge is 0.226 e. The van der Waals surface area contributed by atoms with Crippen molar-refractivity contribution in [2.75, 3.05) is 38.6 Å². The van der Waals surface area contributed by atoms with Gasteiger partial charge in [-0.2, -0.15) is 0 Å². The summed E-state index contributed by atoms with van der Waals surface area (Å²) in [6, 6.07) is 9.38. The molecule has 1 heterocycles. The summed E-state index contributed by atoms with van der Waals surface area (Å²) >= 11 is 0. The minimum absolute atomic E-state index is 0.0333. The molecule has 1 aromatic rings. The van der Waals surface area contributed by atoms with E-state index in [4.69, 9.17) is 0 Å². The zero-order valence-electron chi connectivity index (χ0n) is 18.3. The summed E-state index contributed by atoms with van der Waals surface area (Å²) in [7, 11) is 4.17. The number of amides is 1. The van der Waals surface area contributed by atoms with Crippen LogP contribution in [0.5, 0.6) is 0 Å². The van der Waals surface area contributed by atoms with Crippen LogP contribution in [0.1, 0.15) is 63.0 Å². The van der Waals surface area contributed by atoms with Gasteiger partial charge in [-0.05, 0) is 68.4 Å². The van der Waals surface area contributed by atoms with E-state index in [1.54, 1.807) is 4.90 Å². The lowest BCUT2D eigenvalue weighted by atomic mass is 9.49. The van der Waals surface area contributed by atoms with Crippen molar-refractivity contribution in [3.63, 3.8) is 0 Å². The lowest BCUT2D eigenvalue weighted by Crippen LogP contribution is -3.11. The number of benzene rings is 1. The van der Waals surface area contributed by atoms with Crippen molar-refractivity contribution in [1.29, 1.82) is 0 Å². The molecule has 158 valence electrons. The number of carbonyl (C=O) groups excluding carboxylic acids is 1. The number of nitrogens with zero attached hydrogens (tertiary/aromatic N) is 1. The fourth-order valence-corrected chi connectivity index (χ4v) is 7.45. The van der Waals surface area contributed by atoms with Crippen molar-refractivity contribution in [2.45, 2.75) is 57.4 Å². The quantitative estimate of drug-likeness (QED) is 0.776. The molecule has 2 N–H and O–H groups in total. The van der Waals surface area contributed by atoms with E-state index in [0.717, 1.165) is 43.6 Å². The second kappa shape index (κ2) is 7.61. The highest BCUT2D eigenvalue weighted by atomic mass is 16.2. The molecule has 0 radical (unpaired) electrons. The average molecular weight is 397 g/mol. The topological polar surface area (TPSA) is 36.8 Å². The van der Waals surface area contributed by atoms with Gasteiger partial charge in [-0.3, -0.25) is 4.79 Å². The fraction of sp³-hybridized carbons (Fsp3) is 0.720. The molecular formula is C25H38N3O+. The highest BCUT2D eigenvalue weighted by Crippen LogP contribution is 2.60. The van der Waals surface area contributed by atoms with E-state index in [1.807, 2.05) is 0 Å². The van der Waals surface area contributed by atoms with Crippen molar-refractivity contribution >= 4 is 11.6 Å². The molecule has 4 saturated carbocycles. The largest absolute Gasteiger partial charge is 0.378 e. The third kappa shape index (κ3) is 3.69. The molecule has 1 aliphatic heterocycles. The Kier molecular flexibility index (Phi) is 5.09. The van der Waals surface area contributed by atoms with Crippen molar-refractivity contribution < 1.29 is 9.69 Å². The van der Waals surface area contributed by atoms with Gasteiger partial charge in [0.15, 0.2) is 0 Å². The maximum absolute atomic E-state index is 13.5. The molecule has 1 saturated heterocycles. The lowest BCUT2D eigenvalue weighted by Gasteiger charge is -2.55. The van der Waals surface area contributed by atoms with Gasteiger partial charge >= 0.3 is 0 Å². The van der Waals surface area contributed by atoms with E-state index in [9.17, 15) is 4.79 Å². The van der Waals surface area contributed by atoms with Gasteiger partial charge in [0.1, 0.15) is 6.04 Å². The summed E-state index contributed by atoms with van der Waals surface area (Å²) in [5.74, 6) is 2.85. The number of likely N-dealkylation sites (tertiary alicyclic amines) is 1. The van der Waals surface area contributed by atoms with E-state index in [1.165, 1.54) is 56.4 Å². The van der Waals surface area contributed by atoms with Crippen LogP contribution in [0.4, 0.5) is 5.69 Å². The third-order valence-corrected chi connectivity index (χ3v) is 8.54. The molecule has 6 rings (SSSR count). The Morgan fingerprint density at radius 1 is 1.03 bits per heavy atom. The molecular weight excluding hydrogens is 358 g/mol. The number of hydrogen-bond donors (Lipinski definition) is 2. The van der Waals surface area contributed by atoms with Crippen LogP contribution in [-0.2, 0) is 4.79 Å². The van der Waals surface area contributed by atoms with Gasteiger partial charge in [-0.25, -0.2) is 0 Å². The van der Waals surface area contributed by atoms with Crippen LogP contribution in [-0.4, -0.2) is 39.6 Å². The van der Waals surface area contributed by atoms with Crippen molar-refractivity contribution in [3.8, 4) is 0 Å². The van der Waals surface area contributed by atoms with Gasteiger partial charge in [0.05, 0.1) is 19.6 Å². The molecule has 5 fully saturated rings. The van der Waals surface area contributed by atoms with E-state index in [-0.39, 0.29) is 5.41 Å². The maximum Gasteiger partial charge on any atom is 0.226 e. The molecule has 1 atom stereocenters. The van der Waals surface area contributed by atoms with Crippen LogP contribution in [0.3, 0.4) is 0 Å². The Morgan fingerprint density at radius 2 is 1.59 bits per heavy atom. The van der Waals surface area contributed by atoms with E-state index >= 15 is 0 Å². The van der Waals surface area contributed by atoms with Gasteiger partial charge in [-0.15, -0.1) is 0 Å². The SMILES string of the molecule is CN(C)c1ccc([C@H](CNC(=O)C23CC4CC(CC(C4)C2)C3)[NH+]2CCCC2)cc1. The van der Waals surface area contributed by atoms with Gasteiger partial charge < -0.3 is 15.1 Å². The van der Waals surface area contributed by atoms with Crippen LogP contribution < -0.4 is 15.1 Å². The van der Waals surface area contributed by atoms with Crippen molar-refractivity contribution in [3.05, 3.63) is 29.8 Å². The highest BCUT2D eigenvalue weighted by Gasteiger charge is 2.54. The predicted octanol–water partition coefficient (Wildman–Crippen LogP) is 2.81. The monoisotopic (exact) mass is 396 g/mol. The summed E-state index contributed by atoms with van der Waals surface area (Å²) in [5.41, 5.74) is 2.58. The molecule has 0 aromatic heterocycles. The van der Waals surface area contributed by atoms with Crippen LogP contribution in [0.2, 0.25) is 0 Å². The maximum atomic E-state index is 13.5. The number of rotatable bonds is 6. The minimum Gasteiger partial charge on any atom is -0.378 e. The zero-order valence-corrected chi connectivity index (χ0v) is 18.3. The number of anilines is 1. The lowest BCUT2D eigenvalue weighted by molar-refractivity contribution is -0.918. The molecule has 4 nitrogen and oxygen atoms in total. The summed E-state index contributed by atoms with van der Waals surface area (Å²) < 4.78 is 0. The Balaban J connectivity index is 1.30. The first-order valence-corrected chi connectivity index (χ1v) is 11.9. The van der Waals surface area contributed by atoms with Gasteiger partial charge in [0.25, 0.3) is 0 Å². The van der Waals surface area contributed by atoms with Crippen LogP contribution in [0.15, 0.2) is 24.3 Å². The second-order valence-electron chi connectivity index (χ2n) is 10.8. The Labute approximate surface area is 176 Å². The first-order valence-electron chi connectivity index (χ1n) is 11.9. The Hall–Kier alpha value is -1.55. The fourth-order valence-electron chi connectivity index (χ4n) is 7.45. The summed E-state index contributed by atoms with van der Waals surface area (Å²) in [5, 5.41) is 3.48. The number of nitrogens with one attached hydrogen (secondary N) is 2. The number of carbonyl (C=O) groups is 1. The van der Waals surface area contributed by atoms with E-state index in [2.05, 4.69) is 48.6 Å². The molecule has 1 amide bonds. The van der Waals surface area contributed by atoms with Crippen molar-refractivity contribution in [2.24, 2.45) is 23.2 Å². The molecule has 0 unspecified atom stereocenters. The van der Waals surface area contributed by atoms with E-state index in [0.29, 0.717) is 11.9 Å². The molecule has 29 heavy (non-hydrogen) atoms. The molecule has 5 aliphatic rings. The molecule has 4 bridgehead atoms. The van der Waals surface area contributed by atoms with Crippen LogP contribution >= 0.6 is 0 Å². The predicted molar refractivity (Wildman–Crippen MR) is 117 cm³/mol. The summed E-state index contributed by atoms with van der Waals surface area (Å²) in [4.78, 5) is 17.3. The van der Waals surface area contributed by atoms with Gasteiger partial charge in [0, 0.05) is 43.6 Å². The standard InChI is InChI=1S/C25H37N3O/c1-27(2)22-7-5-21(6-8-22)23(28-9-3-4-10-28)17-26-24(29)25-14-18-11-19(15-25)13-20(12-18)16-25/h5-8,18-20,23H,3-4,9-17H2,1-2H3,(H,26,29)/p+1/t18?,19?,20?,23-,25?/m0/s1. The van der Waals surface area contributed by atoms with Gasteiger partial charge in [0.2, 0.25) is 5.91 Å². The minimum atomic E-state index is -0.0333. The third-order valence-electron chi connectivity index (χ3n) is 8.54. The summed E-state index contributed by atoms with van der Waals surface area (Å²) in [6.07, 6.45) is 10.3. The normalized spacial score (nSPS) is 34.3.